The van der Waals surface area contributed by atoms with Crippen molar-refractivity contribution in [3.63, 3.8) is 0 Å². The van der Waals surface area contributed by atoms with Gasteiger partial charge in [-0.25, -0.2) is 4.98 Å². The summed E-state index contributed by atoms with van der Waals surface area (Å²) < 4.78 is 0.736. The van der Waals surface area contributed by atoms with E-state index in [9.17, 15) is 4.79 Å². The molecule has 0 fully saturated rings. The molecule has 0 aliphatic heterocycles. The predicted octanol–water partition coefficient (Wildman–Crippen LogP) is 6.14. The van der Waals surface area contributed by atoms with Gasteiger partial charge in [0.2, 0.25) is 11.0 Å². The van der Waals surface area contributed by atoms with E-state index in [1.165, 1.54) is 45.6 Å². The second-order valence-electron chi connectivity index (χ2n) is 6.90. The number of carbonyl (C=O) groups excluding carboxylic acids is 1. The van der Waals surface area contributed by atoms with Gasteiger partial charge in [0.05, 0.1) is 10.9 Å². The molecule has 31 heavy (non-hydrogen) atoms. The zero-order chi connectivity index (χ0) is 21.8. The molecule has 0 aliphatic carbocycles. The Morgan fingerprint density at radius 3 is 2.65 bits per heavy atom. The average molecular weight is 468 g/mol. The third-order valence-electron chi connectivity index (χ3n) is 4.70. The number of hydrogen-bond donors (Lipinski definition) is 2. The van der Waals surface area contributed by atoms with Crippen molar-refractivity contribution < 1.29 is 4.79 Å². The topological polar surface area (TPSA) is 79.8 Å². The maximum Gasteiger partial charge on any atom is 0.239 e. The molecule has 0 bridgehead atoms. The normalized spacial score (nSPS) is 11.8. The first-order chi connectivity index (χ1) is 15.0. The molecular weight excluding hydrogens is 446 g/mol. The van der Waals surface area contributed by atoms with Crippen LogP contribution >= 0.6 is 34.4 Å². The summed E-state index contributed by atoms with van der Waals surface area (Å²) in [7, 11) is 0. The second-order valence-corrected chi connectivity index (χ2v) is 10.3. The molecule has 4 aromatic rings. The lowest BCUT2D eigenvalue weighted by molar-refractivity contribution is -0.115. The molecule has 0 radical (unpaired) electrons. The third kappa shape index (κ3) is 5.30. The fraction of sp³-hybridized carbons (Fsp3) is 0.182. The standard InChI is InChI=1S/C22H21N5OS3/c1-13-8-7-11-17(14(13)2)23-21-26-27-22(31-21)30-15(3)19(28)25-20-24-18(12-29-20)16-9-5-4-6-10-16/h4-12,15H,1-3H3,(H,23,26)(H,24,25,28)/t15-/m1/s1. The van der Waals surface area contributed by atoms with Gasteiger partial charge in [0.25, 0.3) is 0 Å². The zero-order valence-corrected chi connectivity index (χ0v) is 19.7. The summed E-state index contributed by atoms with van der Waals surface area (Å²) in [5.74, 6) is -0.113. The average Bonchev–Trinajstić information content (AvgIpc) is 3.41. The number of thioether (sulfide) groups is 1. The number of benzene rings is 2. The van der Waals surface area contributed by atoms with Gasteiger partial charge >= 0.3 is 0 Å². The van der Waals surface area contributed by atoms with Crippen LogP contribution in [0, 0.1) is 13.8 Å². The van der Waals surface area contributed by atoms with Crippen molar-refractivity contribution in [3.05, 3.63) is 65.0 Å². The summed E-state index contributed by atoms with van der Waals surface area (Å²) in [4.78, 5) is 17.1. The Balaban J connectivity index is 1.35. The molecule has 2 aromatic heterocycles. The second kappa shape index (κ2) is 9.59. The van der Waals surface area contributed by atoms with E-state index in [-0.39, 0.29) is 11.2 Å². The van der Waals surface area contributed by atoms with Crippen LogP contribution in [0.4, 0.5) is 16.0 Å². The first-order valence-electron chi connectivity index (χ1n) is 9.65. The van der Waals surface area contributed by atoms with Gasteiger partial charge in [-0.3, -0.25) is 4.79 Å². The lowest BCUT2D eigenvalue weighted by Crippen LogP contribution is -2.22. The van der Waals surface area contributed by atoms with Gasteiger partial charge in [-0.15, -0.1) is 21.5 Å². The van der Waals surface area contributed by atoms with Crippen molar-refractivity contribution >= 4 is 56.3 Å². The molecule has 1 amide bonds. The molecule has 0 unspecified atom stereocenters. The van der Waals surface area contributed by atoms with Crippen LogP contribution in [-0.2, 0) is 4.79 Å². The quantitative estimate of drug-likeness (QED) is 0.318. The van der Waals surface area contributed by atoms with Gasteiger partial charge < -0.3 is 10.6 Å². The van der Waals surface area contributed by atoms with Crippen molar-refractivity contribution in [3.8, 4) is 11.3 Å². The van der Waals surface area contributed by atoms with Crippen molar-refractivity contribution in [2.45, 2.75) is 30.4 Å². The van der Waals surface area contributed by atoms with Crippen LogP contribution in [0.2, 0.25) is 0 Å². The fourth-order valence-corrected chi connectivity index (χ4v) is 5.42. The lowest BCUT2D eigenvalue weighted by Gasteiger charge is -2.08. The Hall–Kier alpha value is -2.75. The smallest absolute Gasteiger partial charge is 0.239 e. The highest BCUT2D eigenvalue weighted by atomic mass is 32.2. The Bertz CT molecular complexity index is 1190. The molecule has 158 valence electrons. The minimum absolute atomic E-state index is 0.113. The Labute approximate surface area is 193 Å². The number of nitrogens with zero attached hydrogens (tertiary/aromatic N) is 3. The van der Waals surface area contributed by atoms with E-state index < -0.39 is 0 Å². The molecule has 2 N–H and O–H groups in total. The van der Waals surface area contributed by atoms with Gasteiger partial charge in [0, 0.05) is 16.6 Å². The van der Waals surface area contributed by atoms with Crippen LogP contribution in [0.15, 0.2) is 58.3 Å². The molecule has 9 heteroatoms. The van der Waals surface area contributed by atoms with E-state index in [2.05, 4.69) is 45.7 Å². The Morgan fingerprint density at radius 2 is 1.84 bits per heavy atom. The van der Waals surface area contributed by atoms with Crippen LogP contribution in [-0.4, -0.2) is 26.3 Å². The number of anilines is 3. The highest BCUT2D eigenvalue weighted by Gasteiger charge is 2.19. The summed E-state index contributed by atoms with van der Waals surface area (Å²) in [6, 6.07) is 16.0. The predicted molar refractivity (Wildman–Crippen MR) is 131 cm³/mol. The minimum Gasteiger partial charge on any atom is -0.330 e. The Morgan fingerprint density at radius 1 is 1.03 bits per heavy atom. The number of aryl methyl sites for hydroxylation is 1. The number of nitrogens with one attached hydrogen (secondary N) is 2. The van der Waals surface area contributed by atoms with Crippen LogP contribution in [0.3, 0.4) is 0 Å². The van der Waals surface area contributed by atoms with Gasteiger partial charge in [-0.1, -0.05) is 65.6 Å². The van der Waals surface area contributed by atoms with Crippen molar-refractivity contribution in [1.82, 2.24) is 15.2 Å². The summed E-state index contributed by atoms with van der Waals surface area (Å²) in [5.41, 5.74) is 5.29. The number of rotatable bonds is 7. The molecule has 0 spiro atoms. The number of thiazole rings is 1. The minimum atomic E-state index is -0.328. The van der Waals surface area contributed by atoms with E-state index in [1.54, 1.807) is 0 Å². The third-order valence-corrected chi connectivity index (χ3v) is 7.48. The van der Waals surface area contributed by atoms with Gasteiger partial charge in [-0.2, -0.15) is 0 Å². The molecule has 0 aliphatic rings. The molecule has 2 aromatic carbocycles. The highest BCUT2D eigenvalue weighted by Crippen LogP contribution is 2.32. The van der Waals surface area contributed by atoms with Crippen molar-refractivity contribution in [1.29, 1.82) is 0 Å². The van der Waals surface area contributed by atoms with Gasteiger partial charge in [-0.05, 0) is 38.0 Å². The van der Waals surface area contributed by atoms with E-state index >= 15 is 0 Å². The van der Waals surface area contributed by atoms with E-state index in [0.717, 1.165) is 21.3 Å². The van der Waals surface area contributed by atoms with E-state index in [4.69, 9.17) is 0 Å². The molecular formula is C22H21N5OS3. The molecule has 0 saturated heterocycles. The molecule has 0 saturated carbocycles. The van der Waals surface area contributed by atoms with Crippen LogP contribution < -0.4 is 10.6 Å². The Kier molecular flexibility index (Phi) is 6.64. The lowest BCUT2D eigenvalue weighted by atomic mass is 10.1. The number of hydrogen-bond acceptors (Lipinski definition) is 8. The van der Waals surface area contributed by atoms with E-state index in [1.807, 2.05) is 54.8 Å². The van der Waals surface area contributed by atoms with Crippen molar-refractivity contribution in [2.75, 3.05) is 10.6 Å². The SMILES string of the molecule is Cc1cccc(Nc2nnc(S[C@H](C)C(=O)Nc3nc(-c4ccccc4)cs3)s2)c1C. The summed E-state index contributed by atoms with van der Waals surface area (Å²) in [5, 5.41) is 17.5. The summed E-state index contributed by atoms with van der Waals surface area (Å²) in [6.07, 6.45) is 0. The van der Waals surface area contributed by atoms with Crippen LogP contribution in [0.25, 0.3) is 11.3 Å². The first kappa shape index (κ1) is 21.5. The largest absolute Gasteiger partial charge is 0.330 e. The monoisotopic (exact) mass is 467 g/mol. The van der Waals surface area contributed by atoms with Crippen LogP contribution in [0.1, 0.15) is 18.1 Å². The van der Waals surface area contributed by atoms with Gasteiger partial charge in [0.1, 0.15) is 0 Å². The molecule has 4 rings (SSSR count). The zero-order valence-electron chi connectivity index (χ0n) is 17.2. The van der Waals surface area contributed by atoms with E-state index in [0.29, 0.717) is 10.3 Å². The molecule has 1 atom stereocenters. The summed E-state index contributed by atoms with van der Waals surface area (Å²) >= 11 is 4.23. The first-order valence-corrected chi connectivity index (χ1v) is 12.2. The van der Waals surface area contributed by atoms with Gasteiger partial charge in [0.15, 0.2) is 9.47 Å². The summed E-state index contributed by atoms with van der Waals surface area (Å²) in [6.45, 7) is 6.00. The van der Waals surface area contributed by atoms with Crippen molar-refractivity contribution in [2.24, 2.45) is 0 Å². The molecule has 6 nitrogen and oxygen atoms in total. The number of carbonyl (C=O) groups is 1. The maximum atomic E-state index is 12.6. The molecule has 2 heterocycles. The number of amides is 1. The maximum absolute atomic E-state index is 12.6. The fourth-order valence-electron chi connectivity index (χ4n) is 2.79. The number of aromatic nitrogens is 3. The highest BCUT2D eigenvalue weighted by molar-refractivity contribution is 8.02. The van der Waals surface area contributed by atoms with Crippen LogP contribution in [0.5, 0.6) is 0 Å².